The van der Waals surface area contributed by atoms with Crippen molar-refractivity contribution in [3.05, 3.63) is 29.8 Å². The minimum absolute atomic E-state index is 0.0305. The van der Waals surface area contributed by atoms with E-state index in [0.717, 1.165) is 18.0 Å². The Morgan fingerprint density at radius 1 is 1.15 bits per heavy atom. The fourth-order valence-corrected chi connectivity index (χ4v) is 3.17. The van der Waals surface area contributed by atoms with E-state index in [1.165, 1.54) is 0 Å². The first kappa shape index (κ1) is 19.9. The summed E-state index contributed by atoms with van der Waals surface area (Å²) in [7, 11) is 0. The fourth-order valence-electron chi connectivity index (χ4n) is 3.17. The van der Waals surface area contributed by atoms with Crippen LogP contribution in [0.5, 0.6) is 0 Å². The standard InChI is InChI=1S/C19H28N4O3/c1-4-22(5-2)19(26)16-7-6-8-17(13-16)20-18(25)14-21-9-11-23(12-10-21)15(3)24/h6-8,13H,4-5,9-12,14H2,1-3H3,(H,20,25)/p+1. The van der Waals surface area contributed by atoms with Crippen LogP contribution in [-0.2, 0) is 9.59 Å². The summed E-state index contributed by atoms with van der Waals surface area (Å²) in [6, 6.07) is 7.06. The molecule has 0 unspecified atom stereocenters. The number of hydrogen-bond acceptors (Lipinski definition) is 3. The summed E-state index contributed by atoms with van der Waals surface area (Å²) >= 11 is 0. The predicted molar refractivity (Wildman–Crippen MR) is 100 cm³/mol. The van der Waals surface area contributed by atoms with E-state index < -0.39 is 0 Å². The van der Waals surface area contributed by atoms with Gasteiger partial charge in [0.15, 0.2) is 6.54 Å². The Kier molecular flexibility index (Phi) is 7.15. The van der Waals surface area contributed by atoms with E-state index in [1.54, 1.807) is 36.1 Å². The Hall–Kier alpha value is -2.41. The molecule has 1 aliphatic heterocycles. The van der Waals surface area contributed by atoms with Crippen molar-refractivity contribution in [2.75, 3.05) is 51.1 Å². The highest BCUT2D eigenvalue weighted by Crippen LogP contribution is 2.12. The van der Waals surface area contributed by atoms with Gasteiger partial charge in [-0.15, -0.1) is 0 Å². The van der Waals surface area contributed by atoms with E-state index in [1.807, 2.05) is 18.7 Å². The van der Waals surface area contributed by atoms with Crippen LogP contribution < -0.4 is 10.2 Å². The third-order valence-corrected chi connectivity index (χ3v) is 4.77. The second-order valence-electron chi connectivity index (χ2n) is 6.54. The zero-order chi connectivity index (χ0) is 19.1. The number of quaternary nitrogens is 1. The Morgan fingerprint density at radius 2 is 1.81 bits per heavy atom. The molecular weight excluding hydrogens is 332 g/mol. The van der Waals surface area contributed by atoms with Gasteiger partial charge >= 0.3 is 0 Å². The number of rotatable bonds is 6. The molecule has 7 heteroatoms. The van der Waals surface area contributed by atoms with Crippen LogP contribution in [0, 0.1) is 0 Å². The third-order valence-electron chi connectivity index (χ3n) is 4.77. The monoisotopic (exact) mass is 361 g/mol. The van der Waals surface area contributed by atoms with Gasteiger partial charge in [0, 0.05) is 31.3 Å². The molecule has 0 spiro atoms. The maximum absolute atomic E-state index is 12.4. The van der Waals surface area contributed by atoms with Crippen LogP contribution in [-0.4, -0.2) is 73.3 Å². The quantitative estimate of drug-likeness (QED) is 0.740. The minimum Gasteiger partial charge on any atom is -0.339 e. The normalized spacial score (nSPS) is 14.8. The first-order valence-corrected chi connectivity index (χ1v) is 9.22. The number of carbonyl (C=O) groups excluding carboxylic acids is 3. The zero-order valence-corrected chi connectivity index (χ0v) is 15.9. The van der Waals surface area contributed by atoms with Gasteiger partial charge in [-0.2, -0.15) is 0 Å². The molecule has 3 amide bonds. The van der Waals surface area contributed by atoms with Gasteiger partial charge in [0.2, 0.25) is 5.91 Å². The maximum Gasteiger partial charge on any atom is 0.279 e. The largest absolute Gasteiger partial charge is 0.339 e. The van der Waals surface area contributed by atoms with E-state index in [-0.39, 0.29) is 17.7 Å². The van der Waals surface area contributed by atoms with E-state index in [9.17, 15) is 14.4 Å². The highest BCUT2D eigenvalue weighted by Gasteiger charge is 2.23. The number of benzene rings is 1. The summed E-state index contributed by atoms with van der Waals surface area (Å²) in [5.74, 6) is -0.0241. The molecule has 0 saturated carbocycles. The Morgan fingerprint density at radius 3 is 2.38 bits per heavy atom. The number of nitrogens with one attached hydrogen (secondary N) is 2. The van der Waals surface area contributed by atoms with Crippen LogP contribution in [0.15, 0.2) is 24.3 Å². The Bertz CT molecular complexity index is 650. The van der Waals surface area contributed by atoms with Crippen molar-refractivity contribution >= 4 is 23.4 Å². The van der Waals surface area contributed by atoms with Crippen molar-refractivity contribution in [2.24, 2.45) is 0 Å². The summed E-state index contributed by atoms with van der Waals surface area (Å²) in [6.45, 7) is 10.1. The lowest BCUT2D eigenvalue weighted by atomic mass is 10.1. The van der Waals surface area contributed by atoms with Gasteiger partial charge in [-0.3, -0.25) is 14.4 Å². The van der Waals surface area contributed by atoms with Crippen molar-refractivity contribution in [1.29, 1.82) is 0 Å². The van der Waals surface area contributed by atoms with Crippen molar-refractivity contribution in [2.45, 2.75) is 20.8 Å². The van der Waals surface area contributed by atoms with E-state index in [0.29, 0.717) is 44.0 Å². The molecule has 1 heterocycles. The molecule has 142 valence electrons. The summed E-state index contributed by atoms with van der Waals surface area (Å²) in [6.07, 6.45) is 0. The van der Waals surface area contributed by atoms with E-state index >= 15 is 0 Å². The van der Waals surface area contributed by atoms with Crippen molar-refractivity contribution in [1.82, 2.24) is 9.80 Å². The van der Waals surface area contributed by atoms with Crippen molar-refractivity contribution in [3.8, 4) is 0 Å². The molecule has 1 aliphatic rings. The first-order chi connectivity index (χ1) is 12.4. The SMILES string of the molecule is CCN(CC)C(=O)c1cccc(NC(=O)C[NH+]2CCN(C(C)=O)CC2)c1. The summed E-state index contributed by atoms with van der Waals surface area (Å²) in [4.78, 5) is 40.8. The second kappa shape index (κ2) is 9.33. The van der Waals surface area contributed by atoms with Crippen LogP contribution in [0.1, 0.15) is 31.1 Å². The van der Waals surface area contributed by atoms with Crippen LogP contribution in [0.25, 0.3) is 0 Å². The Labute approximate surface area is 154 Å². The number of anilines is 1. The lowest BCUT2D eigenvalue weighted by Gasteiger charge is -2.31. The number of hydrogen-bond donors (Lipinski definition) is 2. The van der Waals surface area contributed by atoms with E-state index in [2.05, 4.69) is 5.32 Å². The minimum atomic E-state index is -0.0799. The smallest absolute Gasteiger partial charge is 0.279 e. The van der Waals surface area contributed by atoms with Crippen molar-refractivity contribution in [3.63, 3.8) is 0 Å². The van der Waals surface area contributed by atoms with Crippen molar-refractivity contribution < 1.29 is 19.3 Å². The average molecular weight is 361 g/mol. The summed E-state index contributed by atoms with van der Waals surface area (Å²) in [5.41, 5.74) is 1.21. The van der Waals surface area contributed by atoms with Gasteiger partial charge < -0.3 is 20.0 Å². The second-order valence-corrected chi connectivity index (χ2v) is 6.54. The topological polar surface area (TPSA) is 74.2 Å². The fraction of sp³-hybridized carbons (Fsp3) is 0.526. The molecule has 0 atom stereocenters. The van der Waals surface area contributed by atoms with Crippen LogP contribution >= 0.6 is 0 Å². The number of amides is 3. The molecule has 0 radical (unpaired) electrons. The molecule has 26 heavy (non-hydrogen) atoms. The molecule has 0 aliphatic carbocycles. The number of nitrogens with zero attached hydrogens (tertiary/aromatic N) is 2. The van der Waals surface area contributed by atoms with Gasteiger partial charge in [-0.25, -0.2) is 0 Å². The molecular formula is C19H29N4O3+. The molecule has 1 saturated heterocycles. The third kappa shape index (κ3) is 5.29. The summed E-state index contributed by atoms with van der Waals surface area (Å²) in [5, 5.41) is 2.88. The van der Waals surface area contributed by atoms with Gasteiger partial charge in [0.05, 0.1) is 26.2 Å². The van der Waals surface area contributed by atoms with Gasteiger partial charge in [0.1, 0.15) is 0 Å². The van der Waals surface area contributed by atoms with Crippen LogP contribution in [0.4, 0.5) is 5.69 Å². The molecule has 2 N–H and O–H groups in total. The molecule has 0 bridgehead atoms. The highest BCUT2D eigenvalue weighted by molar-refractivity contribution is 5.97. The van der Waals surface area contributed by atoms with E-state index in [4.69, 9.17) is 0 Å². The summed E-state index contributed by atoms with van der Waals surface area (Å²) < 4.78 is 0. The maximum atomic E-state index is 12.4. The number of piperazine rings is 1. The van der Waals surface area contributed by atoms with Gasteiger partial charge in [-0.1, -0.05) is 6.07 Å². The lowest BCUT2D eigenvalue weighted by Crippen LogP contribution is -3.15. The van der Waals surface area contributed by atoms with Crippen LogP contribution in [0.2, 0.25) is 0 Å². The molecule has 2 rings (SSSR count). The Balaban J connectivity index is 1.90. The average Bonchev–Trinajstić information content (AvgIpc) is 2.63. The zero-order valence-electron chi connectivity index (χ0n) is 15.9. The van der Waals surface area contributed by atoms with Gasteiger partial charge in [0.25, 0.3) is 11.8 Å². The van der Waals surface area contributed by atoms with Crippen LogP contribution in [0.3, 0.4) is 0 Å². The lowest BCUT2D eigenvalue weighted by molar-refractivity contribution is -0.895. The predicted octanol–water partition coefficient (Wildman–Crippen LogP) is -0.146. The first-order valence-electron chi connectivity index (χ1n) is 9.22. The molecule has 1 aromatic rings. The molecule has 1 aromatic carbocycles. The molecule has 0 aromatic heterocycles. The van der Waals surface area contributed by atoms with Gasteiger partial charge in [-0.05, 0) is 32.0 Å². The highest BCUT2D eigenvalue weighted by atomic mass is 16.2. The molecule has 7 nitrogen and oxygen atoms in total. The molecule has 1 fully saturated rings. The number of carbonyl (C=O) groups is 3.